The van der Waals surface area contributed by atoms with Crippen molar-refractivity contribution in [1.82, 2.24) is 24.5 Å². The Morgan fingerprint density at radius 3 is 2.26 bits per heavy atom. The largest absolute Gasteiger partial charge is 0.486 e. The molecular formula is C60H59GeIrN5O-2. The first-order valence-electron chi connectivity index (χ1n) is 24.1. The first-order valence-corrected chi connectivity index (χ1v) is 31.4. The molecule has 1 fully saturated rings. The van der Waals surface area contributed by atoms with Gasteiger partial charge in [-0.25, -0.2) is 4.98 Å². The number of fused-ring (bicyclic) bond motifs is 6. The van der Waals surface area contributed by atoms with Gasteiger partial charge in [-0.3, -0.25) is 9.97 Å². The average molecular weight is 1130 g/mol. The van der Waals surface area contributed by atoms with Gasteiger partial charge >= 0.3 is 163 Å². The third kappa shape index (κ3) is 9.38. The zero-order valence-corrected chi connectivity index (χ0v) is 45.0. The van der Waals surface area contributed by atoms with E-state index in [1.807, 2.05) is 32.0 Å². The van der Waals surface area contributed by atoms with Crippen LogP contribution in [-0.4, -0.2) is 37.8 Å². The molecule has 5 heterocycles. The van der Waals surface area contributed by atoms with E-state index < -0.39 is 13.3 Å². The Balaban J connectivity index is 0.000000186. The first kappa shape index (κ1) is 47.3. The van der Waals surface area contributed by atoms with Gasteiger partial charge in [0, 0.05) is 53.5 Å². The van der Waals surface area contributed by atoms with Gasteiger partial charge in [0.25, 0.3) is 0 Å². The zero-order chi connectivity index (χ0) is 46.4. The Morgan fingerprint density at radius 1 is 0.735 bits per heavy atom. The molecule has 0 spiro atoms. The van der Waals surface area contributed by atoms with Crippen molar-refractivity contribution in [3.8, 4) is 39.5 Å². The predicted octanol–water partition coefficient (Wildman–Crippen LogP) is 15.3. The van der Waals surface area contributed by atoms with Crippen LogP contribution in [0, 0.1) is 38.8 Å². The van der Waals surface area contributed by atoms with Crippen LogP contribution in [0.1, 0.15) is 79.9 Å². The van der Waals surface area contributed by atoms with Crippen molar-refractivity contribution in [3.63, 3.8) is 0 Å². The second kappa shape index (κ2) is 19.7. The molecule has 68 heavy (non-hydrogen) atoms. The van der Waals surface area contributed by atoms with Crippen LogP contribution in [-0.2, 0) is 26.5 Å². The van der Waals surface area contributed by atoms with E-state index in [0.717, 1.165) is 101 Å². The van der Waals surface area contributed by atoms with Gasteiger partial charge in [0.1, 0.15) is 0 Å². The van der Waals surface area contributed by atoms with E-state index in [4.69, 9.17) is 24.4 Å². The van der Waals surface area contributed by atoms with Gasteiger partial charge in [-0.2, -0.15) is 0 Å². The smallest absolute Gasteiger partial charge is 0.216 e. The van der Waals surface area contributed by atoms with Gasteiger partial charge in [0.15, 0.2) is 0 Å². The molecule has 345 valence electrons. The van der Waals surface area contributed by atoms with Crippen LogP contribution in [0.15, 0.2) is 132 Å². The molecule has 8 heteroatoms. The van der Waals surface area contributed by atoms with Crippen LogP contribution in [0.5, 0.6) is 0 Å². The Bertz CT molecular complexity index is 3430. The van der Waals surface area contributed by atoms with Crippen molar-refractivity contribution in [3.05, 3.63) is 168 Å². The summed E-state index contributed by atoms with van der Waals surface area (Å²) in [5.74, 6) is 9.57. The van der Waals surface area contributed by atoms with Crippen molar-refractivity contribution in [2.45, 2.75) is 96.3 Å². The molecule has 0 unspecified atom stereocenters. The number of rotatable bonds is 8. The SMILES string of the molecule is CC(C)Cc1cc(-c2[c-]ccc(C3CCCCC3)c2)nc[c]1[Ge]([CH3])([CH3])[CH3].Cc1ccc2c(ccc3nc(-c4[c-]ccc5c4oc4nc(C)c(C)cc45)n(-c4ccccc4-c4ccccc4)c32)n1.[Ir]. The van der Waals surface area contributed by atoms with E-state index in [1.54, 1.807) is 4.40 Å². The Labute approximate surface area is 417 Å². The topological polar surface area (TPSA) is 69.6 Å². The zero-order valence-electron chi connectivity index (χ0n) is 40.5. The first-order chi connectivity index (χ1) is 32.4. The number of furan rings is 1. The molecule has 0 bridgehead atoms. The van der Waals surface area contributed by atoms with Crippen molar-refractivity contribution in [2.24, 2.45) is 5.92 Å². The summed E-state index contributed by atoms with van der Waals surface area (Å²) < 4.78 is 10.3. The molecule has 1 aliphatic carbocycles. The number of benzene rings is 5. The monoisotopic (exact) mass is 1130 g/mol. The number of para-hydroxylation sites is 1. The molecule has 1 aliphatic rings. The van der Waals surface area contributed by atoms with Crippen LogP contribution in [0.3, 0.4) is 0 Å². The number of nitrogens with zero attached hydrogens (tertiary/aromatic N) is 5. The molecule has 11 rings (SSSR count). The number of pyridine rings is 3. The summed E-state index contributed by atoms with van der Waals surface area (Å²) in [5.41, 5.74) is 16.6. The molecule has 0 saturated heterocycles. The quantitative estimate of drug-likeness (QED) is 0.112. The molecule has 0 amide bonds. The maximum absolute atomic E-state index is 6.47. The minimum Gasteiger partial charge on any atom is -0.486 e. The third-order valence-electron chi connectivity index (χ3n) is 13.5. The molecule has 6 nitrogen and oxygen atoms in total. The van der Waals surface area contributed by atoms with Gasteiger partial charge in [-0.15, -0.1) is 18.2 Å². The van der Waals surface area contributed by atoms with Crippen LogP contribution in [0.2, 0.25) is 17.3 Å². The van der Waals surface area contributed by atoms with E-state index in [9.17, 15) is 0 Å². The second-order valence-corrected chi connectivity index (χ2v) is 30.6. The fourth-order valence-electron chi connectivity index (χ4n) is 10.1. The van der Waals surface area contributed by atoms with Crippen molar-refractivity contribution >= 4 is 61.7 Å². The summed E-state index contributed by atoms with van der Waals surface area (Å²) >= 11 is -1.91. The molecule has 1 radical (unpaired) electrons. The van der Waals surface area contributed by atoms with Gasteiger partial charge < -0.3 is 8.98 Å². The molecule has 5 aromatic carbocycles. The van der Waals surface area contributed by atoms with Gasteiger partial charge in [-0.05, 0) is 68.3 Å². The second-order valence-electron chi connectivity index (χ2n) is 20.0. The van der Waals surface area contributed by atoms with E-state index in [2.05, 4.69) is 164 Å². The summed E-state index contributed by atoms with van der Waals surface area (Å²) in [5, 5.41) is 3.04. The Kier molecular flexibility index (Phi) is 13.7. The average Bonchev–Trinajstić information content (AvgIpc) is 3.90. The van der Waals surface area contributed by atoms with E-state index in [-0.39, 0.29) is 20.1 Å². The summed E-state index contributed by atoms with van der Waals surface area (Å²) in [6.45, 7) is 10.7. The molecule has 1 saturated carbocycles. The standard InChI is InChI=1S/C36H25N4O.C24H34GeN.Ir/c1-21-20-29-26-13-9-14-28(34(26)41-36(29)38-23(21)3)35-39-31-19-18-30-27(17-16-22(2)37-30)33(31)40(35)32-15-8-7-12-25(32)24-10-5-4-6-11-24;1-18(2)14-22-16-24(26-17-23(22)25(3,4)5)21-13-9-12-20(15-21)19-10-7-6-8-11-19;/h4-13,15-20H,1-3H3;9,12,15-19H,6-8,10-11,14H2,1-5H3;/q2*-1;. The third-order valence-corrected chi connectivity index (χ3v) is 17.9. The Morgan fingerprint density at radius 2 is 1.49 bits per heavy atom. The number of aromatic nitrogens is 5. The number of imidazole rings is 1. The summed E-state index contributed by atoms with van der Waals surface area (Å²) in [4.78, 5) is 19.7. The summed E-state index contributed by atoms with van der Waals surface area (Å²) in [7, 11) is 0. The minimum atomic E-state index is -1.91. The van der Waals surface area contributed by atoms with Crippen molar-refractivity contribution < 1.29 is 24.5 Å². The van der Waals surface area contributed by atoms with E-state index in [0.29, 0.717) is 11.6 Å². The van der Waals surface area contributed by atoms with E-state index in [1.165, 1.54) is 48.8 Å². The van der Waals surface area contributed by atoms with Crippen LogP contribution < -0.4 is 4.40 Å². The van der Waals surface area contributed by atoms with Crippen LogP contribution in [0.4, 0.5) is 0 Å². The number of aryl methyl sites for hydroxylation is 3. The predicted molar refractivity (Wildman–Crippen MR) is 281 cm³/mol. The Hall–Kier alpha value is -5.73. The normalized spacial score (nSPS) is 13.3. The molecule has 10 aromatic rings. The van der Waals surface area contributed by atoms with Gasteiger partial charge in [0.05, 0.1) is 28.0 Å². The van der Waals surface area contributed by atoms with Crippen molar-refractivity contribution in [1.29, 1.82) is 0 Å². The molecule has 0 aliphatic heterocycles. The molecule has 0 N–H and O–H groups in total. The maximum atomic E-state index is 6.47. The molecular weight excluding hydrogens is 1070 g/mol. The molecule has 0 atom stereocenters. The molecule has 5 aromatic heterocycles. The van der Waals surface area contributed by atoms with E-state index >= 15 is 0 Å². The van der Waals surface area contributed by atoms with Crippen LogP contribution in [0.25, 0.3) is 83.5 Å². The van der Waals surface area contributed by atoms with Gasteiger partial charge in [0.2, 0.25) is 5.71 Å². The summed E-state index contributed by atoms with van der Waals surface area (Å²) in [6, 6.07) is 49.5. The van der Waals surface area contributed by atoms with Gasteiger partial charge in [-0.1, -0.05) is 59.5 Å². The minimum absolute atomic E-state index is 0. The number of hydrogen-bond donors (Lipinski definition) is 0. The van der Waals surface area contributed by atoms with Crippen molar-refractivity contribution in [2.75, 3.05) is 0 Å². The fraction of sp³-hybridized carbons (Fsp3) is 0.267. The maximum Gasteiger partial charge on any atom is 0.216 e. The number of hydrogen-bond acceptors (Lipinski definition) is 5. The van der Waals surface area contributed by atoms with Crippen LogP contribution >= 0.6 is 0 Å². The summed E-state index contributed by atoms with van der Waals surface area (Å²) in [6.07, 6.45) is 10.2. The fourth-order valence-corrected chi connectivity index (χ4v) is 13.4.